The molecule has 1 aliphatic carbocycles. The van der Waals surface area contributed by atoms with Crippen molar-refractivity contribution in [2.75, 3.05) is 11.9 Å². The van der Waals surface area contributed by atoms with Gasteiger partial charge in [-0.15, -0.1) is 0 Å². The van der Waals surface area contributed by atoms with Crippen molar-refractivity contribution in [1.82, 2.24) is 0 Å². The van der Waals surface area contributed by atoms with Gasteiger partial charge in [-0.2, -0.15) is 0 Å². The number of anilines is 1. The van der Waals surface area contributed by atoms with Crippen LogP contribution in [0.4, 0.5) is 11.4 Å². The number of nitrogens with one attached hydrogen (secondary N) is 1. The highest BCUT2D eigenvalue weighted by Gasteiger charge is 2.29. The topological polar surface area (TPSA) is 75.4 Å². The fraction of sp³-hybridized carbons (Fsp3) is 0.538. The highest BCUT2D eigenvalue weighted by Crippen LogP contribution is 2.31. The Labute approximate surface area is 125 Å². The molecule has 1 fully saturated rings. The lowest BCUT2D eigenvalue weighted by Crippen LogP contribution is -2.38. The first-order valence-corrected chi connectivity index (χ1v) is 7.48. The lowest BCUT2D eigenvalue weighted by Gasteiger charge is -2.32. The van der Waals surface area contributed by atoms with E-state index in [1.54, 1.807) is 6.07 Å². The van der Waals surface area contributed by atoms with E-state index in [1.165, 1.54) is 6.07 Å². The Morgan fingerprint density at radius 1 is 1.37 bits per heavy atom. The molecule has 6 heteroatoms. The van der Waals surface area contributed by atoms with Crippen LogP contribution in [-0.4, -0.2) is 22.2 Å². The second-order valence-corrected chi connectivity index (χ2v) is 6.30. The maximum absolute atomic E-state index is 11.0. The first kappa shape index (κ1) is 14.5. The number of rotatable bonds is 4. The minimum absolute atomic E-state index is 0.0614. The van der Waals surface area contributed by atoms with Crippen LogP contribution in [0, 0.1) is 13.7 Å². The molecule has 1 aromatic carbocycles. The maximum atomic E-state index is 11.0. The Hall–Kier alpha value is -0.890. The Balaban J connectivity index is 2.08. The summed E-state index contributed by atoms with van der Waals surface area (Å²) in [5.41, 5.74) is -0.189. The highest BCUT2D eigenvalue weighted by molar-refractivity contribution is 14.1. The molecular weight excluding hydrogens is 359 g/mol. The SMILES string of the molecule is O=[N+]([O-])c1cc(I)ccc1NCC1(O)CCCCC1. The molecule has 0 atom stereocenters. The Kier molecular flexibility index (Phi) is 4.62. The number of aliphatic hydroxyl groups is 1. The molecule has 0 aliphatic heterocycles. The van der Waals surface area contributed by atoms with Gasteiger partial charge in [-0.1, -0.05) is 19.3 Å². The standard InChI is InChI=1S/C13H17IN2O3/c14-10-4-5-11(12(8-10)16(18)19)15-9-13(17)6-2-1-3-7-13/h4-5,8,15,17H,1-3,6-7,9H2. The summed E-state index contributed by atoms with van der Waals surface area (Å²) >= 11 is 2.05. The number of nitrogens with zero attached hydrogens (tertiary/aromatic N) is 1. The summed E-state index contributed by atoms with van der Waals surface area (Å²) < 4.78 is 0.825. The average molecular weight is 376 g/mol. The van der Waals surface area contributed by atoms with E-state index >= 15 is 0 Å². The lowest BCUT2D eigenvalue weighted by molar-refractivity contribution is -0.384. The summed E-state index contributed by atoms with van der Waals surface area (Å²) in [5, 5.41) is 24.4. The summed E-state index contributed by atoms with van der Waals surface area (Å²) in [6.07, 6.45) is 4.72. The van der Waals surface area contributed by atoms with Gasteiger partial charge in [0.2, 0.25) is 0 Å². The molecule has 0 bridgehead atoms. The molecule has 1 aliphatic rings. The monoisotopic (exact) mass is 376 g/mol. The zero-order valence-electron chi connectivity index (χ0n) is 10.6. The van der Waals surface area contributed by atoms with Gasteiger partial charge in [-0.3, -0.25) is 10.1 Å². The van der Waals surface area contributed by atoms with Crippen molar-refractivity contribution in [3.05, 3.63) is 31.9 Å². The van der Waals surface area contributed by atoms with Gasteiger partial charge in [0.1, 0.15) is 5.69 Å². The van der Waals surface area contributed by atoms with E-state index in [9.17, 15) is 15.2 Å². The van der Waals surface area contributed by atoms with Crippen molar-refractivity contribution in [3.8, 4) is 0 Å². The van der Waals surface area contributed by atoms with Gasteiger partial charge in [0.25, 0.3) is 5.69 Å². The zero-order valence-corrected chi connectivity index (χ0v) is 12.7. The van der Waals surface area contributed by atoms with E-state index in [0.29, 0.717) is 12.2 Å². The molecule has 2 rings (SSSR count). The molecule has 19 heavy (non-hydrogen) atoms. The third-order valence-corrected chi connectivity index (χ3v) is 4.22. The van der Waals surface area contributed by atoms with Crippen LogP contribution in [0.25, 0.3) is 0 Å². The van der Waals surface area contributed by atoms with E-state index < -0.39 is 10.5 Å². The number of hydrogen-bond acceptors (Lipinski definition) is 4. The van der Waals surface area contributed by atoms with E-state index in [0.717, 1.165) is 35.7 Å². The predicted octanol–water partition coefficient (Wildman–Crippen LogP) is 3.31. The molecule has 2 N–H and O–H groups in total. The van der Waals surface area contributed by atoms with Gasteiger partial charge in [0.05, 0.1) is 10.5 Å². The summed E-state index contributed by atoms with van der Waals surface area (Å²) in [6, 6.07) is 5.06. The second kappa shape index (κ2) is 6.04. The van der Waals surface area contributed by atoms with Crippen LogP contribution in [0.3, 0.4) is 0 Å². The fourth-order valence-electron chi connectivity index (χ4n) is 2.45. The highest BCUT2D eigenvalue weighted by atomic mass is 127. The predicted molar refractivity (Wildman–Crippen MR) is 82.3 cm³/mol. The van der Waals surface area contributed by atoms with Gasteiger partial charge in [-0.05, 0) is 47.6 Å². The van der Waals surface area contributed by atoms with Gasteiger partial charge < -0.3 is 10.4 Å². The molecule has 0 heterocycles. The molecule has 0 amide bonds. The van der Waals surface area contributed by atoms with Crippen LogP contribution in [0.2, 0.25) is 0 Å². The Morgan fingerprint density at radius 2 is 2.05 bits per heavy atom. The van der Waals surface area contributed by atoms with Gasteiger partial charge in [0.15, 0.2) is 0 Å². The van der Waals surface area contributed by atoms with Crippen LogP contribution in [0.15, 0.2) is 18.2 Å². The van der Waals surface area contributed by atoms with Crippen molar-refractivity contribution in [3.63, 3.8) is 0 Å². The van der Waals surface area contributed by atoms with E-state index in [-0.39, 0.29) is 5.69 Å². The van der Waals surface area contributed by atoms with Crippen LogP contribution in [0.5, 0.6) is 0 Å². The molecule has 0 saturated heterocycles. The quantitative estimate of drug-likeness (QED) is 0.480. The fourth-order valence-corrected chi connectivity index (χ4v) is 2.93. The number of hydrogen-bond donors (Lipinski definition) is 2. The van der Waals surface area contributed by atoms with Crippen molar-refractivity contribution in [2.45, 2.75) is 37.7 Å². The molecule has 0 aromatic heterocycles. The van der Waals surface area contributed by atoms with Crippen molar-refractivity contribution in [1.29, 1.82) is 0 Å². The average Bonchev–Trinajstić information content (AvgIpc) is 2.38. The number of halogens is 1. The Bertz CT molecular complexity index is 473. The van der Waals surface area contributed by atoms with Crippen LogP contribution in [-0.2, 0) is 0 Å². The largest absolute Gasteiger partial charge is 0.388 e. The smallest absolute Gasteiger partial charge is 0.293 e. The first-order valence-electron chi connectivity index (χ1n) is 6.40. The Morgan fingerprint density at radius 3 is 2.68 bits per heavy atom. The van der Waals surface area contributed by atoms with Crippen molar-refractivity contribution in [2.24, 2.45) is 0 Å². The third-order valence-electron chi connectivity index (χ3n) is 3.55. The number of benzene rings is 1. The summed E-state index contributed by atoms with van der Waals surface area (Å²) in [6.45, 7) is 0.369. The minimum atomic E-state index is -0.727. The van der Waals surface area contributed by atoms with Crippen LogP contribution in [0.1, 0.15) is 32.1 Å². The minimum Gasteiger partial charge on any atom is -0.388 e. The molecule has 0 radical (unpaired) electrons. The molecule has 104 valence electrons. The lowest BCUT2D eigenvalue weighted by atomic mass is 9.85. The zero-order chi connectivity index (χ0) is 13.9. The normalized spacial score (nSPS) is 18.0. The van der Waals surface area contributed by atoms with E-state index in [1.807, 2.05) is 28.7 Å². The summed E-state index contributed by atoms with van der Waals surface area (Å²) in [7, 11) is 0. The van der Waals surface area contributed by atoms with Gasteiger partial charge in [-0.25, -0.2) is 0 Å². The molecular formula is C13H17IN2O3. The van der Waals surface area contributed by atoms with Crippen LogP contribution < -0.4 is 5.32 Å². The van der Waals surface area contributed by atoms with E-state index in [4.69, 9.17) is 0 Å². The van der Waals surface area contributed by atoms with E-state index in [2.05, 4.69) is 5.32 Å². The van der Waals surface area contributed by atoms with Gasteiger partial charge >= 0.3 is 0 Å². The molecule has 0 spiro atoms. The third kappa shape index (κ3) is 3.79. The maximum Gasteiger partial charge on any atom is 0.293 e. The molecule has 0 unspecified atom stereocenters. The second-order valence-electron chi connectivity index (χ2n) is 5.06. The number of nitro benzene ring substituents is 1. The summed E-state index contributed by atoms with van der Waals surface area (Å²) in [4.78, 5) is 10.6. The molecule has 1 aromatic rings. The summed E-state index contributed by atoms with van der Waals surface area (Å²) in [5.74, 6) is 0. The van der Waals surface area contributed by atoms with Crippen molar-refractivity contribution < 1.29 is 10.0 Å². The molecule has 1 saturated carbocycles. The number of nitro groups is 1. The van der Waals surface area contributed by atoms with Crippen molar-refractivity contribution >= 4 is 34.0 Å². The molecule has 5 nitrogen and oxygen atoms in total. The van der Waals surface area contributed by atoms with Gasteiger partial charge in [0, 0.05) is 16.2 Å². The van der Waals surface area contributed by atoms with Crippen LogP contribution >= 0.6 is 22.6 Å². The first-order chi connectivity index (χ1) is 9.00.